The minimum absolute atomic E-state index is 0.513. The van der Waals surface area contributed by atoms with Crippen LogP contribution in [-0.2, 0) is 7.05 Å². The molecule has 1 rings (SSSR count). The highest BCUT2D eigenvalue weighted by molar-refractivity contribution is 5.20. The first-order valence-electron chi connectivity index (χ1n) is 4.39. The summed E-state index contributed by atoms with van der Waals surface area (Å²) in [5, 5.41) is 17.4. The van der Waals surface area contributed by atoms with Gasteiger partial charge in [0.15, 0.2) is 0 Å². The highest BCUT2D eigenvalue weighted by Gasteiger charge is 1.99. The smallest absolute Gasteiger partial charge is 0.242 e. The number of anilines is 1. The third kappa shape index (κ3) is 3.37. The molecule has 1 heterocycles. The predicted octanol–water partition coefficient (Wildman–Crippen LogP) is -0.380. The van der Waals surface area contributed by atoms with E-state index in [1.807, 2.05) is 0 Å². The molecule has 0 saturated carbocycles. The van der Waals surface area contributed by atoms with Crippen LogP contribution in [-0.4, -0.2) is 39.3 Å². The molecule has 1 aromatic rings. The number of tetrazole rings is 1. The molecule has 0 fully saturated rings. The third-order valence-corrected chi connectivity index (χ3v) is 1.58. The second-order valence-corrected chi connectivity index (χ2v) is 3.16. The van der Waals surface area contributed by atoms with Crippen molar-refractivity contribution in [3.63, 3.8) is 0 Å². The largest absolute Gasteiger partial charge is 0.352 e. The maximum absolute atomic E-state index is 3.80. The van der Waals surface area contributed by atoms with Gasteiger partial charge in [-0.3, -0.25) is 0 Å². The third-order valence-electron chi connectivity index (χ3n) is 1.58. The van der Waals surface area contributed by atoms with E-state index in [1.54, 1.807) is 11.7 Å². The van der Waals surface area contributed by atoms with E-state index < -0.39 is 0 Å². The van der Waals surface area contributed by atoms with Gasteiger partial charge in [0, 0.05) is 26.2 Å². The molecule has 0 saturated heterocycles. The van der Waals surface area contributed by atoms with Gasteiger partial charge in [-0.1, -0.05) is 18.9 Å². The Balaban J connectivity index is 2.17. The van der Waals surface area contributed by atoms with Crippen molar-refractivity contribution in [2.24, 2.45) is 7.05 Å². The highest BCUT2D eigenvalue weighted by Crippen LogP contribution is 1.93. The standard InChI is InChI=1S/C7H16N6/c1-6(2)8-4-5-9-7-10-11-12-13(7)3/h6,8H,4-5H2,1-3H3,(H,9,10,12). The van der Waals surface area contributed by atoms with Crippen molar-refractivity contribution in [3.05, 3.63) is 0 Å². The van der Waals surface area contributed by atoms with E-state index in [9.17, 15) is 0 Å². The van der Waals surface area contributed by atoms with Gasteiger partial charge in [0.05, 0.1) is 0 Å². The van der Waals surface area contributed by atoms with Gasteiger partial charge in [-0.15, -0.1) is 0 Å². The van der Waals surface area contributed by atoms with Gasteiger partial charge >= 0.3 is 0 Å². The van der Waals surface area contributed by atoms with E-state index in [4.69, 9.17) is 0 Å². The molecule has 0 spiro atoms. The van der Waals surface area contributed by atoms with Gasteiger partial charge in [0.1, 0.15) is 0 Å². The van der Waals surface area contributed by atoms with Crippen molar-refractivity contribution in [1.29, 1.82) is 0 Å². The Labute approximate surface area is 77.7 Å². The molecule has 0 unspecified atom stereocenters. The van der Waals surface area contributed by atoms with Crippen LogP contribution in [0.2, 0.25) is 0 Å². The number of nitrogens with one attached hydrogen (secondary N) is 2. The van der Waals surface area contributed by atoms with Gasteiger partial charge < -0.3 is 10.6 Å². The second-order valence-electron chi connectivity index (χ2n) is 3.16. The average Bonchev–Trinajstić information content (AvgIpc) is 2.45. The molecule has 0 aliphatic carbocycles. The van der Waals surface area contributed by atoms with Gasteiger partial charge in [-0.2, -0.15) is 0 Å². The zero-order chi connectivity index (χ0) is 9.68. The van der Waals surface area contributed by atoms with Crippen LogP contribution in [0.4, 0.5) is 5.95 Å². The Hall–Kier alpha value is -1.17. The van der Waals surface area contributed by atoms with Crippen molar-refractivity contribution in [2.45, 2.75) is 19.9 Å². The van der Waals surface area contributed by atoms with E-state index in [1.165, 1.54) is 0 Å². The summed E-state index contributed by atoms with van der Waals surface area (Å²) in [5.74, 6) is 0.700. The lowest BCUT2D eigenvalue weighted by atomic mass is 10.4. The molecular weight excluding hydrogens is 168 g/mol. The molecule has 0 aromatic carbocycles. The summed E-state index contributed by atoms with van der Waals surface area (Å²) in [4.78, 5) is 0. The lowest BCUT2D eigenvalue weighted by Crippen LogP contribution is -2.28. The topological polar surface area (TPSA) is 67.7 Å². The van der Waals surface area contributed by atoms with Crippen LogP contribution in [0.3, 0.4) is 0 Å². The normalized spacial score (nSPS) is 10.8. The Morgan fingerprint density at radius 1 is 1.38 bits per heavy atom. The Morgan fingerprint density at radius 2 is 2.15 bits per heavy atom. The second kappa shape index (κ2) is 4.76. The van der Waals surface area contributed by atoms with Gasteiger partial charge in [-0.05, 0) is 10.4 Å². The summed E-state index contributed by atoms with van der Waals surface area (Å²) in [7, 11) is 1.80. The quantitative estimate of drug-likeness (QED) is 0.611. The van der Waals surface area contributed by atoms with Crippen LogP contribution in [0.1, 0.15) is 13.8 Å². The summed E-state index contributed by atoms with van der Waals surface area (Å²) >= 11 is 0. The van der Waals surface area contributed by atoms with Crippen molar-refractivity contribution in [1.82, 2.24) is 25.5 Å². The molecule has 74 valence electrons. The molecule has 0 amide bonds. The first-order valence-corrected chi connectivity index (χ1v) is 4.39. The first kappa shape index (κ1) is 9.91. The molecule has 0 atom stereocenters. The zero-order valence-corrected chi connectivity index (χ0v) is 8.28. The molecule has 1 aromatic heterocycles. The lowest BCUT2D eigenvalue weighted by molar-refractivity contribution is 0.600. The number of aromatic nitrogens is 4. The summed E-state index contributed by atoms with van der Waals surface area (Å²) < 4.78 is 1.61. The number of rotatable bonds is 5. The van der Waals surface area contributed by atoms with E-state index in [2.05, 4.69) is 40.0 Å². The van der Waals surface area contributed by atoms with Crippen molar-refractivity contribution in [3.8, 4) is 0 Å². The van der Waals surface area contributed by atoms with Gasteiger partial charge in [0.2, 0.25) is 5.95 Å². The zero-order valence-electron chi connectivity index (χ0n) is 8.28. The Bertz CT molecular complexity index is 243. The molecule has 0 aliphatic heterocycles. The Morgan fingerprint density at radius 3 is 2.69 bits per heavy atom. The van der Waals surface area contributed by atoms with Gasteiger partial charge in [-0.25, -0.2) is 4.68 Å². The van der Waals surface area contributed by atoms with E-state index in [0.29, 0.717) is 12.0 Å². The Kier molecular flexibility index (Phi) is 3.63. The molecule has 6 nitrogen and oxygen atoms in total. The first-order chi connectivity index (χ1) is 6.20. The highest BCUT2D eigenvalue weighted by atomic mass is 15.6. The fraction of sp³-hybridized carbons (Fsp3) is 0.857. The summed E-state index contributed by atoms with van der Waals surface area (Å²) in [5.41, 5.74) is 0. The van der Waals surface area contributed by atoms with Crippen molar-refractivity contribution in [2.75, 3.05) is 18.4 Å². The SMILES string of the molecule is CC(C)NCCNc1nnnn1C. The molecular formula is C7H16N6. The van der Waals surface area contributed by atoms with Crippen LogP contribution >= 0.6 is 0 Å². The number of hydrogen-bond donors (Lipinski definition) is 2. The molecule has 13 heavy (non-hydrogen) atoms. The number of nitrogens with zero attached hydrogens (tertiary/aromatic N) is 4. The molecule has 0 radical (unpaired) electrons. The molecule has 0 bridgehead atoms. The molecule has 6 heteroatoms. The fourth-order valence-electron chi connectivity index (χ4n) is 0.914. The average molecular weight is 184 g/mol. The predicted molar refractivity (Wildman–Crippen MR) is 50.4 cm³/mol. The summed E-state index contributed by atoms with van der Waals surface area (Å²) in [6.45, 7) is 5.96. The van der Waals surface area contributed by atoms with Crippen LogP contribution in [0, 0.1) is 0 Å². The van der Waals surface area contributed by atoms with Crippen molar-refractivity contribution < 1.29 is 0 Å². The van der Waals surface area contributed by atoms with E-state index in [0.717, 1.165) is 13.1 Å². The van der Waals surface area contributed by atoms with E-state index >= 15 is 0 Å². The fourth-order valence-corrected chi connectivity index (χ4v) is 0.914. The molecule has 2 N–H and O–H groups in total. The van der Waals surface area contributed by atoms with E-state index in [-0.39, 0.29) is 0 Å². The van der Waals surface area contributed by atoms with Crippen LogP contribution < -0.4 is 10.6 Å². The van der Waals surface area contributed by atoms with Crippen LogP contribution in [0.15, 0.2) is 0 Å². The van der Waals surface area contributed by atoms with Crippen molar-refractivity contribution >= 4 is 5.95 Å². The maximum atomic E-state index is 3.80. The minimum atomic E-state index is 0.513. The monoisotopic (exact) mass is 184 g/mol. The van der Waals surface area contributed by atoms with Crippen LogP contribution in [0.25, 0.3) is 0 Å². The maximum Gasteiger partial charge on any atom is 0.242 e. The number of aryl methyl sites for hydroxylation is 1. The number of hydrogen-bond acceptors (Lipinski definition) is 5. The van der Waals surface area contributed by atoms with Crippen LogP contribution in [0.5, 0.6) is 0 Å². The summed E-state index contributed by atoms with van der Waals surface area (Å²) in [6.07, 6.45) is 0. The lowest BCUT2D eigenvalue weighted by Gasteiger charge is -2.08. The summed E-state index contributed by atoms with van der Waals surface area (Å²) in [6, 6.07) is 0.513. The van der Waals surface area contributed by atoms with Gasteiger partial charge in [0.25, 0.3) is 0 Å². The minimum Gasteiger partial charge on any atom is -0.352 e. The molecule has 0 aliphatic rings.